The molecule has 0 saturated carbocycles. The first kappa shape index (κ1) is 18.2. The van der Waals surface area contributed by atoms with Gasteiger partial charge in [-0.3, -0.25) is 4.79 Å². The van der Waals surface area contributed by atoms with Crippen LogP contribution in [0.4, 0.5) is 16.4 Å². The number of piperazine rings is 1. The number of aromatic nitrogens is 2. The van der Waals surface area contributed by atoms with Crippen LogP contribution in [-0.4, -0.2) is 66.2 Å². The maximum Gasteiger partial charge on any atom is 0.409 e. The Bertz CT molecular complexity index is 880. The molecule has 0 atom stereocenters. The van der Waals surface area contributed by atoms with Crippen LogP contribution in [0.15, 0.2) is 36.5 Å². The highest BCUT2D eigenvalue weighted by atomic mass is 16.6. The molecule has 28 heavy (non-hydrogen) atoms. The van der Waals surface area contributed by atoms with Crippen LogP contribution >= 0.6 is 0 Å². The van der Waals surface area contributed by atoms with Crippen LogP contribution in [-0.2, 0) is 11.2 Å². The van der Waals surface area contributed by atoms with E-state index in [-0.39, 0.29) is 12.0 Å². The van der Waals surface area contributed by atoms with Crippen LogP contribution in [0, 0.1) is 0 Å². The molecule has 1 aromatic carbocycles. The molecule has 1 saturated heterocycles. The van der Waals surface area contributed by atoms with Gasteiger partial charge in [0.15, 0.2) is 0 Å². The lowest BCUT2D eigenvalue weighted by Gasteiger charge is -2.34. The molecular weight excluding hydrogens is 358 g/mol. The van der Waals surface area contributed by atoms with Crippen LogP contribution in [0.25, 0.3) is 0 Å². The van der Waals surface area contributed by atoms with Gasteiger partial charge in [-0.15, -0.1) is 0 Å². The first-order valence-electron chi connectivity index (χ1n) is 9.57. The molecule has 4 rings (SSSR count). The number of rotatable bonds is 3. The van der Waals surface area contributed by atoms with Crippen LogP contribution in [0.3, 0.4) is 0 Å². The fourth-order valence-corrected chi connectivity index (χ4v) is 3.61. The van der Waals surface area contributed by atoms with Gasteiger partial charge in [-0.1, -0.05) is 18.2 Å². The van der Waals surface area contributed by atoms with E-state index in [0.29, 0.717) is 51.0 Å². The van der Waals surface area contributed by atoms with E-state index < -0.39 is 0 Å². The van der Waals surface area contributed by atoms with Crippen molar-refractivity contribution in [3.05, 3.63) is 47.8 Å². The second kappa shape index (κ2) is 7.84. The maximum atomic E-state index is 13.0. The van der Waals surface area contributed by atoms with Crippen LogP contribution in [0.5, 0.6) is 0 Å². The lowest BCUT2D eigenvalue weighted by molar-refractivity contribution is 0.0984. The molecule has 0 unspecified atom stereocenters. The third-order valence-corrected chi connectivity index (χ3v) is 5.08. The predicted molar refractivity (Wildman–Crippen MR) is 105 cm³/mol. The van der Waals surface area contributed by atoms with Crippen LogP contribution < -0.4 is 9.80 Å². The van der Waals surface area contributed by atoms with Gasteiger partial charge in [-0.05, 0) is 31.0 Å². The zero-order chi connectivity index (χ0) is 19.5. The summed E-state index contributed by atoms with van der Waals surface area (Å²) in [4.78, 5) is 39.1. The van der Waals surface area contributed by atoms with E-state index in [1.54, 1.807) is 29.0 Å². The summed E-state index contributed by atoms with van der Waals surface area (Å²) in [5.74, 6) is 0.403. The average Bonchev–Trinajstić information content (AvgIpc) is 3.18. The largest absolute Gasteiger partial charge is 0.450 e. The third-order valence-electron chi connectivity index (χ3n) is 5.08. The number of hydrogen-bond acceptors (Lipinski definition) is 6. The molecular formula is C20H23N5O3. The smallest absolute Gasteiger partial charge is 0.409 e. The fourth-order valence-electron chi connectivity index (χ4n) is 3.61. The minimum atomic E-state index is -0.292. The lowest BCUT2D eigenvalue weighted by Crippen LogP contribution is -2.49. The molecule has 2 amide bonds. The minimum absolute atomic E-state index is 0.112. The second-order valence-electron chi connectivity index (χ2n) is 6.75. The standard InChI is InChI=1S/C20H23N5O3/c1-2-28-20(27)24-13-11-23(12-14-24)19-21-9-7-16(22-19)18(26)25-10-8-15-5-3-4-6-17(15)25/h3-7,9H,2,8,10-14H2,1H3. The first-order valence-corrected chi connectivity index (χ1v) is 9.57. The summed E-state index contributed by atoms with van der Waals surface area (Å²) in [6, 6.07) is 9.61. The van der Waals surface area contributed by atoms with E-state index in [0.717, 1.165) is 12.1 Å². The van der Waals surface area contributed by atoms with Crippen molar-refractivity contribution in [1.29, 1.82) is 0 Å². The van der Waals surface area contributed by atoms with E-state index >= 15 is 0 Å². The number of carbonyl (C=O) groups excluding carboxylic acids is 2. The molecule has 1 fully saturated rings. The molecule has 2 aliphatic rings. The van der Waals surface area contributed by atoms with Crippen molar-refractivity contribution in [3.8, 4) is 0 Å². The van der Waals surface area contributed by atoms with Crippen LogP contribution in [0.2, 0.25) is 0 Å². The van der Waals surface area contributed by atoms with Crippen molar-refractivity contribution < 1.29 is 14.3 Å². The number of fused-ring (bicyclic) bond motifs is 1. The Hall–Kier alpha value is -3.16. The van der Waals surface area contributed by atoms with Crippen molar-refractivity contribution in [3.63, 3.8) is 0 Å². The average molecular weight is 381 g/mol. The Balaban J connectivity index is 1.46. The molecule has 2 aromatic rings. The van der Waals surface area contributed by atoms with Gasteiger partial charge < -0.3 is 19.4 Å². The van der Waals surface area contributed by atoms with E-state index in [9.17, 15) is 9.59 Å². The molecule has 0 N–H and O–H groups in total. The van der Waals surface area contributed by atoms with Gasteiger partial charge in [0.25, 0.3) is 5.91 Å². The molecule has 3 heterocycles. The Kier molecular flexibility index (Phi) is 5.10. The van der Waals surface area contributed by atoms with Gasteiger partial charge >= 0.3 is 6.09 Å². The van der Waals surface area contributed by atoms with Crippen LogP contribution in [0.1, 0.15) is 23.0 Å². The highest BCUT2D eigenvalue weighted by molar-refractivity contribution is 6.06. The molecule has 0 bridgehead atoms. The zero-order valence-electron chi connectivity index (χ0n) is 15.9. The molecule has 0 radical (unpaired) electrons. The normalized spacial score (nSPS) is 16.1. The first-order chi connectivity index (χ1) is 13.7. The van der Waals surface area contributed by atoms with Gasteiger partial charge in [0, 0.05) is 44.6 Å². The second-order valence-corrected chi connectivity index (χ2v) is 6.75. The topological polar surface area (TPSA) is 78.9 Å². The maximum absolute atomic E-state index is 13.0. The summed E-state index contributed by atoms with van der Waals surface area (Å²) in [5, 5.41) is 0. The molecule has 8 heteroatoms. The number of para-hydroxylation sites is 1. The summed E-state index contributed by atoms with van der Waals surface area (Å²) in [6.07, 6.45) is 2.19. The summed E-state index contributed by atoms with van der Waals surface area (Å²) in [7, 11) is 0. The highest BCUT2D eigenvalue weighted by Crippen LogP contribution is 2.28. The van der Waals surface area contributed by atoms with Crippen molar-refractivity contribution in [1.82, 2.24) is 14.9 Å². The van der Waals surface area contributed by atoms with Gasteiger partial charge in [0.1, 0.15) is 5.69 Å². The number of nitrogens with zero attached hydrogens (tertiary/aromatic N) is 5. The number of benzene rings is 1. The van der Waals surface area contributed by atoms with E-state index in [1.807, 2.05) is 23.1 Å². The third kappa shape index (κ3) is 3.49. The number of anilines is 2. The molecule has 146 valence electrons. The molecule has 0 aliphatic carbocycles. The summed E-state index contributed by atoms with van der Waals surface area (Å²) < 4.78 is 5.05. The van der Waals surface area contributed by atoms with E-state index in [4.69, 9.17) is 4.74 Å². The minimum Gasteiger partial charge on any atom is -0.450 e. The quantitative estimate of drug-likeness (QED) is 0.809. The van der Waals surface area contributed by atoms with E-state index in [1.165, 1.54) is 5.56 Å². The highest BCUT2D eigenvalue weighted by Gasteiger charge is 2.28. The van der Waals surface area contributed by atoms with Gasteiger partial charge in [-0.2, -0.15) is 0 Å². The number of amides is 2. The zero-order valence-corrected chi connectivity index (χ0v) is 15.9. The Morgan fingerprint density at radius 1 is 1.07 bits per heavy atom. The molecule has 8 nitrogen and oxygen atoms in total. The van der Waals surface area contributed by atoms with Crippen molar-refractivity contribution in [2.24, 2.45) is 0 Å². The SMILES string of the molecule is CCOC(=O)N1CCN(c2nccc(C(=O)N3CCc4ccccc43)n2)CC1. The number of carbonyl (C=O) groups is 2. The number of ether oxygens (including phenoxy) is 1. The predicted octanol–water partition coefficient (Wildman–Crippen LogP) is 1.96. The van der Waals surface area contributed by atoms with Crippen molar-refractivity contribution >= 4 is 23.6 Å². The fraction of sp³-hybridized carbons (Fsp3) is 0.400. The Morgan fingerprint density at radius 2 is 1.86 bits per heavy atom. The lowest BCUT2D eigenvalue weighted by atomic mass is 10.2. The Morgan fingerprint density at radius 3 is 2.64 bits per heavy atom. The summed E-state index contributed by atoms with van der Waals surface area (Å²) >= 11 is 0. The van der Waals surface area contributed by atoms with Gasteiger partial charge in [0.05, 0.1) is 6.61 Å². The van der Waals surface area contributed by atoms with Gasteiger partial charge in [-0.25, -0.2) is 14.8 Å². The monoisotopic (exact) mass is 381 g/mol. The number of hydrogen-bond donors (Lipinski definition) is 0. The molecule has 0 spiro atoms. The van der Waals surface area contributed by atoms with Gasteiger partial charge in [0.2, 0.25) is 5.95 Å². The van der Waals surface area contributed by atoms with Crippen molar-refractivity contribution in [2.75, 3.05) is 49.1 Å². The van der Waals surface area contributed by atoms with E-state index in [2.05, 4.69) is 16.0 Å². The van der Waals surface area contributed by atoms with Crippen molar-refractivity contribution in [2.45, 2.75) is 13.3 Å². The molecule has 2 aliphatic heterocycles. The summed E-state index contributed by atoms with van der Waals surface area (Å²) in [5.41, 5.74) is 2.52. The Labute approximate surface area is 163 Å². The molecule has 1 aromatic heterocycles. The summed E-state index contributed by atoms with van der Waals surface area (Å²) in [6.45, 7) is 5.11.